The van der Waals surface area contributed by atoms with Crippen molar-refractivity contribution in [1.29, 1.82) is 0 Å². The van der Waals surface area contributed by atoms with E-state index in [2.05, 4.69) is 5.32 Å². The van der Waals surface area contributed by atoms with E-state index in [0.29, 0.717) is 12.1 Å². The van der Waals surface area contributed by atoms with Gasteiger partial charge in [0, 0.05) is 31.7 Å². The Labute approximate surface area is 234 Å². The van der Waals surface area contributed by atoms with E-state index in [1.807, 2.05) is 83.8 Å². The van der Waals surface area contributed by atoms with E-state index in [0.717, 1.165) is 61.0 Å². The molecule has 2 heterocycles. The summed E-state index contributed by atoms with van der Waals surface area (Å²) in [7, 11) is 0. The Balaban J connectivity index is 1.18. The third kappa shape index (κ3) is 5.93. The van der Waals surface area contributed by atoms with E-state index < -0.39 is 24.0 Å². The molecule has 3 atom stereocenters. The number of hydrogen-bond acceptors (Lipinski definition) is 5. The van der Waals surface area contributed by atoms with Crippen LogP contribution in [0.5, 0.6) is 0 Å². The number of carbonyl (C=O) groups excluding carboxylic acids is 3. The zero-order valence-corrected chi connectivity index (χ0v) is 22.4. The van der Waals surface area contributed by atoms with Crippen LogP contribution in [0.25, 0.3) is 11.1 Å². The number of hydrogen-bond donors (Lipinski definition) is 3. The second-order valence-electron chi connectivity index (χ2n) is 10.4. The van der Waals surface area contributed by atoms with Crippen molar-refractivity contribution in [2.45, 2.75) is 50.5 Å². The quantitative estimate of drug-likeness (QED) is 0.406. The predicted octanol–water partition coefficient (Wildman–Crippen LogP) is 3.29. The van der Waals surface area contributed by atoms with E-state index in [4.69, 9.17) is 0 Å². The molecule has 0 bridgehead atoms. The molecular weight excluding hydrogens is 506 g/mol. The largest absolute Gasteiger partial charge is 0.380 e. The molecule has 0 spiro atoms. The first-order valence-corrected chi connectivity index (χ1v) is 13.9. The minimum absolute atomic E-state index is 0.0375. The first-order valence-electron chi connectivity index (χ1n) is 13.9. The lowest BCUT2D eigenvalue weighted by molar-refractivity contribution is -0.153. The molecule has 208 valence electrons. The third-order valence-corrected chi connectivity index (χ3v) is 7.82. The first-order chi connectivity index (χ1) is 19.4. The Morgan fingerprint density at radius 2 is 1.48 bits per heavy atom. The molecule has 0 aliphatic carbocycles. The third-order valence-electron chi connectivity index (χ3n) is 7.82. The van der Waals surface area contributed by atoms with Crippen LogP contribution in [-0.4, -0.2) is 69.6 Å². The van der Waals surface area contributed by atoms with Gasteiger partial charge in [0.15, 0.2) is 12.2 Å². The van der Waals surface area contributed by atoms with E-state index in [1.165, 1.54) is 0 Å². The van der Waals surface area contributed by atoms with Crippen molar-refractivity contribution in [3.8, 4) is 11.1 Å². The summed E-state index contributed by atoms with van der Waals surface area (Å²) >= 11 is 0. The number of aliphatic hydroxyl groups excluding tert-OH is 2. The number of amides is 3. The van der Waals surface area contributed by atoms with Crippen LogP contribution in [0.15, 0.2) is 78.9 Å². The van der Waals surface area contributed by atoms with Gasteiger partial charge in [-0.15, -0.1) is 0 Å². The molecule has 0 aromatic heterocycles. The van der Waals surface area contributed by atoms with E-state index in [9.17, 15) is 24.6 Å². The van der Waals surface area contributed by atoms with Crippen LogP contribution in [0, 0.1) is 0 Å². The molecule has 0 saturated carbocycles. The average Bonchev–Trinajstić information content (AvgIpc) is 3.72. The summed E-state index contributed by atoms with van der Waals surface area (Å²) in [4.78, 5) is 42.1. The number of nitrogens with one attached hydrogen (secondary N) is 1. The van der Waals surface area contributed by atoms with Crippen LogP contribution in [0.1, 0.15) is 53.2 Å². The fraction of sp³-hybridized carbons (Fsp3) is 0.344. The van der Waals surface area contributed by atoms with E-state index >= 15 is 0 Å². The number of benzene rings is 3. The van der Waals surface area contributed by atoms with E-state index in [-0.39, 0.29) is 18.5 Å². The zero-order chi connectivity index (χ0) is 28.1. The van der Waals surface area contributed by atoms with Crippen molar-refractivity contribution < 1.29 is 24.6 Å². The molecule has 5 rings (SSSR count). The summed E-state index contributed by atoms with van der Waals surface area (Å²) in [6.45, 7) is 2.14. The molecule has 40 heavy (non-hydrogen) atoms. The number of likely N-dealkylation sites (tertiary alicyclic amines) is 2. The summed E-state index contributed by atoms with van der Waals surface area (Å²) in [6.07, 6.45) is -0.129. The Morgan fingerprint density at radius 1 is 0.800 bits per heavy atom. The highest BCUT2D eigenvalue weighted by atomic mass is 16.3. The van der Waals surface area contributed by atoms with Gasteiger partial charge < -0.3 is 25.3 Å². The van der Waals surface area contributed by atoms with E-state index in [1.54, 1.807) is 4.90 Å². The van der Waals surface area contributed by atoms with Gasteiger partial charge in [-0.1, -0.05) is 72.8 Å². The lowest BCUT2D eigenvalue weighted by Gasteiger charge is -2.28. The van der Waals surface area contributed by atoms with Gasteiger partial charge >= 0.3 is 0 Å². The fourth-order valence-electron chi connectivity index (χ4n) is 5.61. The van der Waals surface area contributed by atoms with Crippen molar-refractivity contribution in [2.75, 3.05) is 19.6 Å². The van der Waals surface area contributed by atoms with Gasteiger partial charge in [0.25, 0.3) is 17.7 Å². The highest BCUT2D eigenvalue weighted by molar-refractivity contribution is 6.01. The molecule has 8 heteroatoms. The lowest BCUT2D eigenvalue weighted by Crippen LogP contribution is -2.50. The second-order valence-corrected chi connectivity index (χ2v) is 10.4. The minimum atomic E-state index is -1.88. The summed E-state index contributed by atoms with van der Waals surface area (Å²) in [5.74, 6) is -1.43. The Hall–Kier alpha value is -4.01. The van der Waals surface area contributed by atoms with Gasteiger partial charge in [-0.05, 0) is 54.0 Å². The number of rotatable bonds is 8. The zero-order valence-electron chi connectivity index (χ0n) is 22.4. The smallest absolute Gasteiger partial charge is 0.255 e. The fourth-order valence-corrected chi connectivity index (χ4v) is 5.61. The molecule has 8 nitrogen and oxygen atoms in total. The summed E-state index contributed by atoms with van der Waals surface area (Å²) in [5.41, 5.74) is 4.14. The Kier molecular flexibility index (Phi) is 8.57. The van der Waals surface area contributed by atoms with Crippen molar-refractivity contribution in [2.24, 2.45) is 0 Å². The monoisotopic (exact) mass is 541 g/mol. The van der Waals surface area contributed by atoms with Crippen LogP contribution in [0.3, 0.4) is 0 Å². The summed E-state index contributed by atoms with van der Waals surface area (Å²) in [6, 6.07) is 24.4. The van der Waals surface area contributed by atoms with Gasteiger partial charge in [-0.25, -0.2) is 0 Å². The molecule has 3 amide bonds. The van der Waals surface area contributed by atoms with Crippen molar-refractivity contribution in [3.05, 3.63) is 95.6 Å². The molecule has 0 unspecified atom stereocenters. The van der Waals surface area contributed by atoms with Gasteiger partial charge in [-0.3, -0.25) is 14.4 Å². The summed E-state index contributed by atoms with van der Waals surface area (Å²) < 4.78 is 0. The number of nitrogens with zero attached hydrogens (tertiary/aromatic N) is 2. The molecule has 3 aromatic rings. The minimum Gasteiger partial charge on any atom is -0.380 e. The molecule has 3 N–H and O–H groups in total. The topological polar surface area (TPSA) is 110 Å². The van der Waals surface area contributed by atoms with Crippen molar-refractivity contribution in [3.63, 3.8) is 0 Å². The van der Waals surface area contributed by atoms with Gasteiger partial charge in [0.05, 0.1) is 6.04 Å². The van der Waals surface area contributed by atoms with Gasteiger partial charge in [0.1, 0.15) is 0 Å². The number of aliphatic hydroxyl groups is 2. The van der Waals surface area contributed by atoms with Gasteiger partial charge in [-0.2, -0.15) is 0 Å². The Bertz CT molecular complexity index is 1340. The van der Waals surface area contributed by atoms with Gasteiger partial charge in [0.2, 0.25) is 0 Å². The molecule has 3 aromatic carbocycles. The highest BCUT2D eigenvalue weighted by Crippen LogP contribution is 2.32. The van der Waals surface area contributed by atoms with Crippen LogP contribution in [-0.2, 0) is 16.1 Å². The van der Waals surface area contributed by atoms with Crippen LogP contribution in [0.2, 0.25) is 0 Å². The maximum atomic E-state index is 13.0. The Morgan fingerprint density at radius 3 is 2.20 bits per heavy atom. The van der Waals surface area contributed by atoms with Crippen LogP contribution in [0.4, 0.5) is 0 Å². The maximum Gasteiger partial charge on any atom is 0.255 e. The summed E-state index contributed by atoms with van der Waals surface area (Å²) in [5, 5.41) is 23.6. The van der Waals surface area contributed by atoms with Crippen LogP contribution < -0.4 is 5.32 Å². The number of carbonyl (C=O) groups is 3. The molecular formula is C32H35N3O5. The maximum absolute atomic E-state index is 13.0. The molecule has 2 aliphatic heterocycles. The molecule has 2 saturated heterocycles. The molecule has 2 aliphatic rings. The average molecular weight is 542 g/mol. The molecule has 2 fully saturated rings. The van der Waals surface area contributed by atoms with Crippen molar-refractivity contribution >= 4 is 17.7 Å². The highest BCUT2D eigenvalue weighted by Gasteiger charge is 2.38. The molecule has 0 radical (unpaired) electrons. The second kappa shape index (κ2) is 12.4. The first kappa shape index (κ1) is 27.6. The van der Waals surface area contributed by atoms with Crippen LogP contribution >= 0.6 is 0 Å². The lowest BCUT2D eigenvalue weighted by atomic mass is 9.98. The predicted molar refractivity (Wildman–Crippen MR) is 151 cm³/mol. The normalized spacial score (nSPS) is 18.4. The SMILES string of the molecule is O=C(NCc1ccc(-c2ccccc2C(=O)N2CCCC2)cc1)[C@H](O)[C@@H](O)C(=O)N1CCC[C@@H]1c1ccccc1. The van der Waals surface area contributed by atoms with Crippen molar-refractivity contribution in [1.82, 2.24) is 15.1 Å². The standard InChI is InChI=1S/C32H35N3O5/c36-28(29(37)32(40)35-20-8-13-27(35)24-9-2-1-3-10-24)30(38)33-21-22-14-16-23(17-15-22)25-11-4-5-12-26(25)31(39)34-18-6-7-19-34/h1-5,9-12,14-17,27-29,36-37H,6-8,13,18-21H2,(H,33,38)/t27-,28-,29-/m1/s1.